The SMILES string of the molecule is O=Cc1nn(Cc2ccc(Cl)cc2Cl)c2ccccc12.OCc1nn(Cc2ccc(Cl)cc2Cl)c2ccccc12. The molecule has 0 saturated carbocycles. The molecule has 2 aromatic heterocycles. The molecule has 0 fully saturated rings. The Hall–Kier alpha value is -3.39. The minimum atomic E-state index is -0.0815. The number of benzene rings is 4. The molecule has 202 valence electrons. The zero-order chi connectivity index (χ0) is 28.2. The minimum absolute atomic E-state index is 0.0815. The van der Waals surface area contributed by atoms with Gasteiger partial charge in [-0.15, -0.1) is 0 Å². The average molecular weight is 612 g/mol. The third kappa shape index (κ3) is 6.02. The number of rotatable bonds is 6. The zero-order valence-electron chi connectivity index (χ0n) is 20.9. The molecule has 4 aromatic carbocycles. The van der Waals surface area contributed by atoms with E-state index in [1.54, 1.807) is 28.9 Å². The van der Waals surface area contributed by atoms with Gasteiger partial charge in [0.1, 0.15) is 5.69 Å². The molecule has 0 spiro atoms. The quantitative estimate of drug-likeness (QED) is 0.193. The lowest BCUT2D eigenvalue weighted by Crippen LogP contribution is -2.02. The summed E-state index contributed by atoms with van der Waals surface area (Å²) in [6, 6.07) is 26.2. The Balaban J connectivity index is 0.000000161. The van der Waals surface area contributed by atoms with Crippen molar-refractivity contribution in [1.29, 1.82) is 0 Å². The number of aliphatic hydroxyl groups excluding tert-OH is 1. The van der Waals surface area contributed by atoms with Gasteiger partial charge in [0.25, 0.3) is 0 Å². The summed E-state index contributed by atoms with van der Waals surface area (Å²) >= 11 is 24.2. The number of aldehydes is 1. The van der Waals surface area contributed by atoms with E-state index in [1.807, 2.05) is 65.3 Å². The summed E-state index contributed by atoms with van der Waals surface area (Å²) in [7, 11) is 0. The van der Waals surface area contributed by atoms with Crippen molar-refractivity contribution >= 4 is 74.5 Å². The first-order valence-corrected chi connectivity index (χ1v) is 13.7. The number of halogens is 4. The molecule has 0 aliphatic rings. The van der Waals surface area contributed by atoms with Crippen LogP contribution in [0.3, 0.4) is 0 Å². The standard InChI is InChI=1S/C15H12Cl2N2O.C15H10Cl2N2O/c2*16-11-6-5-10(13(17)7-11)8-19-15-4-2-1-3-12(15)14(9-20)18-19/h1-7,20H,8-9H2;1-7,9H,8H2. The van der Waals surface area contributed by atoms with Crippen LogP contribution in [0, 0.1) is 0 Å². The molecule has 0 radical (unpaired) electrons. The van der Waals surface area contributed by atoms with Gasteiger partial charge in [0.05, 0.1) is 36.4 Å². The van der Waals surface area contributed by atoms with Gasteiger partial charge in [-0.25, -0.2) is 0 Å². The number of para-hydroxylation sites is 2. The monoisotopic (exact) mass is 610 g/mol. The number of nitrogens with zero attached hydrogens (tertiary/aromatic N) is 4. The number of aliphatic hydroxyl groups is 1. The zero-order valence-corrected chi connectivity index (χ0v) is 24.0. The van der Waals surface area contributed by atoms with Crippen LogP contribution in [0.4, 0.5) is 0 Å². The first kappa shape index (κ1) is 28.1. The van der Waals surface area contributed by atoms with Crippen LogP contribution in [0.15, 0.2) is 84.9 Å². The highest BCUT2D eigenvalue weighted by Crippen LogP contribution is 2.26. The number of fused-ring (bicyclic) bond motifs is 2. The molecule has 1 N–H and O–H groups in total. The number of hydrogen-bond acceptors (Lipinski definition) is 4. The van der Waals surface area contributed by atoms with Crippen molar-refractivity contribution in [2.24, 2.45) is 0 Å². The summed E-state index contributed by atoms with van der Waals surface area (Å²) in [5.41, 5.74) is 4.83. The van der Waals surface area contributed by atoms with E-state index in [-0.39, 0.29) is 6.61 Å². The average Bonchev–Trinajstić information content (AvgIpc) is 3.50. The van der Waals surface area contributed by atoms with Crippen molar-refractivity contribution in [3.05, 3.63) is 128 Å². The molecule has 0 saturated heterocycles. The largest absolute Gasteiger partial charge is 0.390 e. The van der Waals surface area contributed by atoms with Gasteiger partial charge in [0, 0.05) is 30.9 Å². The maximum atomic E-state index is 11.1. The summed E-state index contributed by atoms with van der Waals surface area (Å²) in [6.45, 7) is 0.947. The number of carbonyl (C=O) groups excluding carboxylic acids is 1. The second-order valence-electron chi connectivity index (χ2n) is 8.93. The second kappa shape index (κ2) is 12.4. The van der Waals surface area contributed by atoms with Crippen LogP contribution in [0.25, 0.3) is 21.8 Å². The molecule has 10 heteroatoms. The third-order valence-electron chi connectivity index (χ3n) is 6.35. The Morgan fingerprint density at radius 3 is 1.70 bits per heavy atom. The highest BCUT2D eigenvalue weighted by molar-refractivity contribution is 6.35. The van der Waals surface area contributed by atoms with Crippen molar-refractivity contribution in [2.45, 2.75) is 19.7 Å². The normalized spacial score (nSPS) is 11.0. The topological polar surface area (TPSA) is 72.9 Å². The molecule has 6 rings (SSSR count). The fraction of sp³-hybridized carbons (Fsp3) is 0.100. The van der Waals surface area contributed by atoms with Gasteiger partial charge in [0.2, 0.25) is 0 Å². The second-order valence-corrected chi connectivity index (χ2v) is 10.6. The molecule has 6 aromatic rings. The molecule has 2 heterocycles. The van der Waals surface area contributed by atoms with Gasteiger partial charge >= 0.3 is 0 Å². The number of aromatic nitrogens is 4. The van der Waals surface area contributed by atoms with E-state index in [2.05, 4.69) is 10.2 Å². The number of hydrogen-bond donors (Lipinski definition) is 1. The summed E-state index contributed by atoms with van der Waals surface area (Å²) in [4.78, 5) is 11.1. The van der Waals surface area contributed by atoms with Gasteiger partial charge in [-0.05, 0) is 47.5 Å². The van der Waals surface area contributed by atoms with Crippen LogP contribution in [0.1, 0.15) is 27.3 Å². The lowest BCUT2D eigenvalue weighted by Gasteiger charge is -2.06. The maximum absolute atomic E-state index is 11.1. The predicted octanol–water partition coefficient (Wildman–Crippen LogP) is 8.09. The van der Waals surface area contributed by atoms with Crippen molar-refractivity contribution in [2.75, 3.05) is 0 Å². The van der Waals surface area contributed by atoms with Crippen LogP contribution in [0.5, 0.6) is 0 Å². The van der Waals surface area contributed by atoms with E-state index in [0.717, 1.165) is 39.2 Å². The lowest BCUT2D eigenvalue weighted by atomic mass is 10.2. The fourth-order valence-electron chi connectivity index (χ4n) is 4.42. The van der Waals surface area contributed by atoms with Crippen molar-refractivity contribution < 1.29 is 9.90 Å². The molecule has 40 heavy (non-hydrogen) atoms. The van der Waals surface area contributed by atoms with Crippen LogP contribution >= 0.6 is 46.4 Å². The van der Waals surface area contributed by atoms with E-state index in [9.17, 15) is 9.90 Å². The van der Waals surface area contributed by atoms with Gasteiger partial charge < -0.3 is 5.11 Å². The van der Waals surface area contributed by atoms with Crippen LogP contribution in [-0.4, -0.2) is 31.0 Å². The predicted molar refractivity (Wildman–Crippen MR) is 162 cm³/mol. The van der Waals surface area contributed by atoms with Crippen molar-refractivity contribution in [1.82, 2.24) is 19.6 Å². The Kier molecular flexibility index (Phi) is 8.74. The van der Waals surface area contributed by atoms with Crippen molar-refractivity contribution in [3.63, 3.8) is 0 Å². The Morgan fingerprint density at radius 2 is 1.18 bits per heavy atom. The highest BCUT2D eigenvalue weighted by atomic mass is 35.5. The summed E-state index contributed by atoms with van der Waals surface area (Å²) in [5, 5.41) is 22.4. The van der Waals surface area contributed by atoms with Crippen LogP contribution in [0.2, 0.25) is 20.1 Å². The lowest BCUT2D eigenvalue weighted by molar-refractivity contribution is 0.111. The Labute approximate surface area is 250 Å². The van der Waals surface area contributed by atoms with E-state index < -0.39 is 0 Å². The van der Waals surface area contributed by atoms with E-state index in [4.69, 9.17) is 46.4 Å². The van der Waals surface area contributed by atoms with E-state index in [1.165, 1.54) is 0 Å². The molecule has 0 unspecified atom stereocenters. The molecule has 0 amide bonds. The number of carbonyl (C=O) groups is 1. The van der Waals surface area contributed by atoms with Gasteiger partial charge in [-0.2, -0.15) is 10.2 Å². The molecule has 6 nitrogen and oxygen atoms in total. The summed E-state index contributed by atoms with van der Waals surface area (Å²) in [6.07, 6.45) is 0.766. The smallest absolute Gasteiger partial charge is 0.170 e. The highest BCUT2D eigenvalue weighted by Gasteiger charge is 2.12. The first-order chi connectivity index (χ1) is 19.4. The molecule has 0 aliphatic carbocycles. The van der Waals surface area contributed by atoms with Gasteiger partial charge in [-0.3, -0.25) is 14.2 Å². The molecular weight excluding hydrogens is 590 g/mol. The van der Waals surface area contributed by atoms with Gasteiger partial charge in [0.15, 0.2) is 6.29 Å². The Bertz CT molecular complexity index is 1830. The molecular formula is C30H22Cl4N4O2. The maximum Gasteiger partial charge on any atom is 0.170 e. The van der Waals surface area contributed by atoms with E-state index >= 15 is 0 Å². The molecule has 0 bridgehead atoms. The van der Waals surface area contributed by atoms with Crippen LogP contribution in [-0.2, 0) is 19.7 Å². The first-order valence-electron chi connectivity index (χ1n) is 12.2. The van der Waals surface area contributed by atoms with E-state index in [0.29, 0.717) is 44.6 Å². The molecule has 0 aliphatic heterocycles. The van der Waals surface area contributed by atoms with Crippen LogP contribution < -0.4 is 0 Å². The molecule has 0 atom stereocenters. The fourth-order valence-corrected chi connectivity index (χ4v) is 5.35. The Morgan fingerprint density at radius 1 is 0.675 bits per heavy atom. The minimum Gasteiger partial charge on any atom is -0.390 e. The van der Waals surface area contributed by atoms with Crippen molar-refractivity contribution in [3.8, 4) is 0 Å². The summed E-state index contributed by atoms with van der Waals surface area (Å²) < 4.78 is 3.62. The third-order valence-corrected chi connectivity index (χ3v) is 7.53. The van der Waals surface area contributed by atoms with Gasteiger partial charge in [-0.1, -0.05) is 94.9 Å². The summed E-state index contributed by atoms with van der Waals surface area (Å²) in [5.74, 6) is 0.